The summed E-state index contributed by atoms with van der Waals surface area (Å²) in [5.41, 5.74) is 5.58. The largest absolute Gasteiger partial charge is 0.338 e. The standard InChI is InChI=1S/C13H26N4O2.2ClH/c1-4-15(5-2)10-12(18)16-6-8-17(9-7-16)13(19)11(3)14;;/h11H,4-10,14H2,1-3H3;2*1H/t11-;;/m1../s1. The third kappa shape index (κ3) is 6.82. The molecule has 2 N–H and O–H groups in total. The summed E-state index contributed by atoms with van der Waals surface area (Å²) in [6, 6.07) is -0.460. The topological polar surface area (TPSA) is 69.9 Å². The summed E-state index contributed by atoms with van der Waals surface area (Å²) in [5.74, 6) is 0.118. The van der Waals surface area contributed by atoms with Gasteiger partial charge in [0.15, 0.2) is 0 Å². The average Bonchev–Trinajstić information content (AvgIpc) is 2.43. The van der Waals surface area contributed by atoms with Gasteiger partial charge in [-0.1, -0.05) is 13.8 Å². The van der Waals surface area contributed by atoms with Crippen LogP contribution in [0, 0.1) is 0 Å². The number of carbonyl (C=O) groups is 2. The molecule has 6 nitrogen and oxygen atoms in total. The zero-order valence-corrected chi connectivity index (χ0v) is 14.7. The van der Waals surface area contributed by atoms with Gasteiger partial charge in [-0.2, -0.15) is 0 Å². The van der Waals surface area contributed by atoms with Gasteiger partial charge in [-0.05, 0) is 20.0 Å². The Kier molecular flexibility index (Phi) is 12.0. The van der Waals surface area contributed by atoms with Crippen LogP contribution in [-0.2, 0) is 9.59 Å². The third-order valence-electron chi connectivity index (χ3n) is 3.59. The van der Waals surface area contributed by atoms with Crippen LogP contribution in [0.15, 0.2) is 0 Å². The molecule has 21 heavy (non-hydrogen) atoms. The van der Waals surface area contributed by atoms with Gasteiger partial charge in [0.25, 0.3) is 0 Å². The van der Waals surface area contributed by atoms with E-state index in [0.717, 1.165) is 13.1 Å². The first-order valence-corrected chi connectivity index (χ1v) is 7.04. The van der Waals surface area contributed by atoms with E-state index in [-0.39, 0.29) is 36.6 Å². The summed E-state index contributed by atoms with van der Waals surface area (Å²) in [4.78, 5) is 29.5. The molecule has 1 aliphatic heterocycles. The van der Waals surface area contributed by atoms with Gasteiger partial charge in [0.2, 0.25) is 11.8 Å². The number of likely N-dealkylation sites (N-methyl/N-ethyl adjacent to an activating group) is 1. The molecule has 126 valence electrons. The summed E-state index contributed by atoms with van der Waals surface area (Å²) in [7, 11) is 0. The van der Waals surface area contributed by atoms with E-state index in [4.69, 9.17) is 5.73 Å². The molecule has 1 heterocycles. The molecule has 0 aromatic carbocycles. The second-order valence-corrected chi connectivity index (χ2v) is 4.96. The van der Waals surface area contributed by atoms with Crippen LogP contribution in [0.2, 0.25) is 0 Å². The minimum Gasteiger partial charge on any atom is -0.338 e. The molecular weight excluding hydrogens is 315 g/mol. The van der Waals surface area contributed by atoms with Crippen molar-refractivity contribution in [1.29, 1.82) is 0 Å². The zero-order valence-electron chi connectivity index (χ0n) is 13.1. The van der Waals surface area contributed by atoms with Crippen molar-refractivity contribution in [2.45, 2.75) is 26.8 Å². The highest BCUT2D eigenvalue weighted by atomic mass is 35.5. The minimum absolute atomic E-state index is 0. The Balaban J connectivity index is 0. The first-order chi connectivity index (χ1) is 8.99. The summed E-state index contributed by atoms with van der Waals surface area (Å²) in [5, 5.41) is 0. The predicted octanol–water partition coefficient (Wildman–Crippen LogP) is 0.190. The van der Waals surface area contributed by atoms with Crippen LogP contribution >= 0.6 is 24.8 Å². The molecule has 8 heteroatoms. The minimum atomic E-state index is -0.460. The van der Waals surface area contributed by atoms with E-state index in [0.29, 0.717) is 32.7 Å². The highest BCUT2D eigenvalue weighted by molar-refractivity contribution is 5.85. The average molecular weight is 343 g/mol. The molecule has 0 saturated carbocycles. The van der Waals surface area contributed by atoms with Gasteiger partial charge in [0.05, 0.1) is 12.6 Å². The number of nitrogens with two attached hydrogens (primary N) is 1. The van der Waals surface area contributed by atoms with Crippen molar-refractivity contribution >= 4 is 36.6 Å². The first kappa shape index (κ1) is 22.7. The lowest BCUT2D eigenvalue weighted by molar-refractivity contribution is -0.140. The quantitative estimate of drug-likeness (QED) is 0.774. The van der Waals surface area contributed by atoms with Crippen LogP contribution in [0.4, 0.5) is 0 Å². The Morgan fingerprint density at radius 2 is 1.48 bits per heavy atom. The summed E-state index contributed by atoms with van der Waals surface area (Å²) in [6.45, 7) is 10.4. The number of nitrogens with zero attached hydrogens (tertiary/aromatic N) is 3. The SMILES string of the molecule is CCN(CC)CC(=O)N1CCN(C(=O)[C@@H](C)N)CC1.Cl.Cl. The lowest BCUT2D eigenvalue weighted by atomic mass is 10.2. The van der Waals surface area contributed by atoms with Crippen LogP contribution in [0.25, 0.3) is 0 Å². The van der Waals surface area contributed by atoms with Gasteiger partial charge in [0, 0.05) is 26.2 Å². The molecule has 2 amide bonds. The summed E-state index contributed by atoms with van der Waals surface area (Å²) >= 11 is 0. The molecule has 0 bridgehead atoms. The molecule has 1 fully saturated rings. The number of rotatable bonds is 5. The van der Waals surface area contributed by atoms with Crippen LogP contribution in [0.5, 0.6) is 0 Å². The fourth-order valence-corrected chi connectivity index (χ4v) is 2.20. The van der Waals surface area contributed by atoms with Crippen molar-refractivity contribution in [3.05, 3.63) is 0 Å². The Bertz CT molecular complexity index is 317. The third-order valence-corrected chi connectivity index (χ3v) is 3.59. The van der Waals surface area contributed by atoms with Gasteiger partial charge in [-0.15, -0.1) is 24.8 Å². The Morgan fingerprint density at radius 1 is 1.05 bits per heavy atom. The molecule has 1 atom stereocenters. The molecule has 1 saturated heterocycles. The molecule has 1 rings (SSSR count). The monoisotopic (exact) mass is 342 g/mol. The van der Waals surface area contributed by atoms with Gasteiger partial charge in [0.1, 0.15) is 0 Å². The van der Waals surface area contributed by atoms with Gasteiger partial charge >= 0.3 is 0 Å². The van der Waals surface area contributed by atoms with Crippen molar-refractivity contribution in [2.24, 2.45) is 5.73 Å². The Labute approximate surface area is 139 Å². The van der Waals surface area contributed by atoms with E-state index in [2.05, 4.69) is 18.7 Å². The highest BCUT2D eigenvalue weighted by Gasteiger charge is 2.25. The van der Waals surface area contributed by atoms with Gasteiger partial charge in [-0.25, -0.2) is 0 Å². The van der Waals surface area contributed by atoms with Crippen molar-refractivity contribution < 1.29 is 9.59 Å². The van der Waals surface area contributed by atoms with Gasteiger partial charge in [-0.3, -0.25) is 14.5 Å². The molecule has 0 spiro atoms. The van der Waals surface area contributed by atoms with Crippen LogP contribution in [0.1, 0.15) is 20.8 Å². The number of piperazine rings is 1. The van der Waals surface area contributed by atoms with Crippen molar-refractivity contribution in [3.63, 3.8) is 0 Å². The van der Waals surface area contributed by atoms with Crippen molar-refractivity contribution in [1.82, 2.24) is 14.7 Å². The molecule has 0 aliphatic carbocycles. The number of hydrogen-bond acceptors (Lipinski definition) is 4. The normalized spacial score (nSPS) is 16.0. The molecule has 0 aromatic heterocycles. The Hall–Kier alpha value is -0.560. The maximum absolute atomic E-state index is 12.1. The molecule has 0 radical (unpaired) electrons. The second-order valence-electron chi connectivity index (χ2n) is 4.96. The van der Waals surface area contributed by atoms with Crippen molar-refractivity contribution in [2.75, 3.05) is 45.8 Å². The van der Waals surface area contributed by atoms with Crippen LogP contribution in [0.3, 0.4) is 0 Å². The van der Waals surface area contributed by atoms with E-state index in [9.17, 15) is 9.59 Å². The highest BCUT2D eigenvalue weighted by Crippen LogP contribution is 2.04. The zero-order chi connectivity index (χ0) is 14.4. The number of amides is 2. The predicted molar refractivity (Wildman–Crippen MR) is 89.1 cm³/mol. The lowest BCUT2D eigenvalue weighted by Crippen LogP contribution is -2.55. The van der Waals surface area contributed by atoms with E-state index < -0.39 is 6.04 Å². The maximum atomic E-state index is 12.1. The van der Waals surface area contributed by atoms with E-state index >= 15 is 0 Å². The lowest BCUT2D eigenvalue weighted by Gasteiger charge is -2.36. The fraction of sp³-hybridized carbons (Fsp3) is 0.846. The first-order valence-electron chi connectivity index (χ1n) is 7.04. The van der Waals surface area contributed by atoms with Gasteiger partial charge < -0.3 is 15.5 Å². The molecular formula is C13H28Cl2N4O2. The smallest absolute Gasteiger partial charge is 0.239 e. The molecule has 0 unspecified atom stereocenters. The summed E-state index contributed by atoms with van der Waals surface area (Å²) in [6.07, 6.45) is 0. The number of hydrogen-bond donors (Lipinski definition) is 1. The maximum Gasteiger partial charge on any atom is 0.239 e. The van der Waals surface area contributed by atoms with Crippen LogP contribution < -0.4 is 5.73 Å². The Morgan fingerprint density at radius 3 is 1.86 bits per heavy atom. The fourth-order valence-electron chi connectivity index (χ4n) is 2.20. The van der Waals surface area contributed by atoms with Crippen LogP contribution in [-0.4, -0.2) is 78.4 Å². The number of carbonyl (C=O) groups excluding carboxylic acids is 2. The van der Waals surface area contributed by atoms with Crippen molar-refractivity contribution in [3.8, 4) is 0 Å². The molecule has 0 aromatic rings. The number of halogens is 2. The molecule has 1 aliphatic rings. The summed E-state index contributed by atoms with van der Waals surface area (Å²) < 4.78 is 0. The second kappa shape index (κ2) is 11.1. The van der Waals surface area contributed by atoms with E-state index in [1.165, 1.54) is 0 Å². The van der Waals surface area contributed by atoms with E-state index in [1.54, 1.807) is 11.8 Å². The van der Waals surface area contributed by atoms with E-state index in [1.807, 2.05) is 4.90 Å².